The third kappa shape index (κ3) is 7.22. The van der Waals surface area contributed by atoms with Gasteiger partial charge in [0.05, 0.1) is 37.6 Å². The molecule has 2 aliphatic rings. The molecule has 0 spiro atoms. The first kappa shape index (κ1) is 31.3. The number of nitrogens with one attached hydrogen (secondary N) is 1. The Kier molecular flexibility index (Phi) is 9.91. The Labute approximate surface area is 269 Å². The van der Waals surface area contributed by atoms with Crippen molar-refractivity contribution in [3.63, 3.8) is 0 Å². The van der Waals surface area contributed by atoms with E-state index in [1.807, 2.05) is 18.2 Å². The first-order valence-electron chi connectivity index (χ1n) is 15.9. The van der Waals surface area contributed by atoms with E-state index in [2.05, 4.69) is 67.2 Å². The number of anilines is 3. The van der Waals surface area contributed by atoms with Gasteiger partial charge in [-0.05, 0) is 48.6 Å². The molecule has 46 heavy (non-hydrogen) atoms. The van der Waals surface area contributed by atoms with Crippen LogP contribution < -0.4 is 19.7 Å². The van der Waals surface area contributed by atoms with Gasteiger partial charge in [0.25, 0.3) is 0 Å². The van der Waals surface area contributed by atoms with Crippen LogP contribution in [0.15, 0.2) is 61.4 Å². The molecule has 0 saturated carbocycles. The van der Waals surface area contributed by atoms with Crippen molar-refractivity contribution in [2.24, 2.45) is 5.92 Å². The predicted molar refractivity (Wildman–Crippen MR) is 175 cm³/mol. The molecule has 240 valence electrons. The van der Waals surface area contributed by atoms with Crippen molar-refractivity contribution >= 4 is 17.3 Å². The molecule has 2 aromatic heterocycles. The molecule has 1 unspecified atom stereocenters. The molecule has 0 radical (unpaired) electrons. The minimum atomic E-state index is -0.0231. The van der Waals surface area contributed by atoms with E-state index in [1.165, 1.54) is 6.33 Å². The molecule has 6 rings (SSSR count). The van der Waals surface area contributed by atoms with Gasteiger partial charge in [0.2, 0.25) is 5.95 Å². The van der Waals surface area contributed by atoms with Crippen LogP contribution in [0.1, 0.15) is 38.3 Å². The van der Waals surface area contributed by atoms with Crippen molar-refractivity contribution in [1.29, 1.82) is 5.26 Å². The molecule has 2 saturated heterocycles. The lowest BCUT2D eigenvalue weighted by Crippen LogP contribution is -2.49. The van der Waals surface area contributed by atoms with Crippen molar-refractivity contribution in [3.8, 4) is 28.7 Å². The van der Waals surface area contributed by atoms with Gasteiger partial charge in [0, 0.05) is 61.9 Å². The molecule has 1 atom stereocenters. The highest BCUT2D eigenvalue weighted by Gasteiger charge is 2.26. The van der Waals surface area contributed by atoms with Gasteiger partial charge in [-0.15, -0.1) is 0 Å². The Hall–Kier alpha value is -4.73. The van der Waals surface area contributed by atoms with Gasteiger partial charge in [0.15, 0.2) is 0 Å². The number of nitriles is 1. The Morgan fingerprint density at radius 2 is 1.78 bits per heavy atom. The zero-order chi connectivity index (χ0) is 31.9. The highest BCUT2D eigenvalue weighted by atomic mass is 16.5. The van der Waals surface area contributed by atoms with E-state index in [9.17, 15) is 5.26 Å². The quantitative estimate of drug-likeness (QED) is 0.244. The fraction of sp³-hybridized carbons (Fsp3) is 0.441. The first-order valence-corrected chi connectivity index (χ1v) is 15.9. The summed E-state index contributed by atoms with van der Waals surface area (Å²) in [7, 11) is 1.68. The van der Waals surface area contributed by atoms with Gasteiger partial charge in [0.1, 0.15) is 36.8 Å². The molecule has 12 heteroatoms. The summed E-state index contributed by atoms with van der Waals surface area (Å²) in [6.07, 6.45) is 9.01. The van der Waals surface area contributed by atoms with Crippen LogP contribution >= 0.6 is 0 Å². The number of aromatic nitrogens is 5. The van der Waals surface area contributed by atoms with Crippen LogP contribution in [0.2, 0.25) is 0 Å². The summed E-state index contributed by atoms with van der Waals surface area (Å²) >= 11 is 0. The second-order valence-corrected chi connectivity index (χ2v) is 12.0. The lowest BCUT2D eigenvalue weighted by Gasteiger charge is -2.40. The van der Waals surface area contributed by atoms with Crippen LogP contribution in [0.25, 0.3) is 11.1 Å². The number of hydrogen-bond acceptors (Lipinski definition) is 11. The van der Waals surface area contributed by atoms with Gasteiger partial charge < -0.3 is 24.4 Å². The number of hydrogen-bond donors (Lipinski definition) is 1. The summed E-state index contributed by atoms with van der Waals surface area (Å²) in [6.45, 7) is 10.4. The zero-order valence-electron chi connectivity index (χ0n) is 26.7. The molecule has 12 nitrogen and oxygen atoms in total. The summed E-state index contributed by atoms with van der Waals surface area (Å²) in [6, 6.07) is 14.6. The van der Waals surface area contributed by atoms with E-state index < -0.39 is 0 Å². The van der Waals surface area contributed by atoms with E-state index in [4.69, 9.17) is 14.2 Å². The molecule has 0 aliphatic carbocycles. The molecular weight excluding hydrogens is 582 g/mol. The predicted octanol–water partition coefficient (Wildman–Crippen LogP) is 4.94. The van der Waals surface area contributed by atoms with Gasteiger partial charge in [-0.25, -0.2) is 19.6 Å². The van der Waals surface area contributed by atoms with E-state index in [0.717, 1.165) is 80.5 Å². The molecule has 1 N–H and O–H groups in total. The lowest BCUT2D eigenvalue weighted by molar-refractivity contribution is 0.0115. The molecule has 2 fully saturated rings. The number of nitrogens with zero attached hydrogens (tertiary/aromatic N) is 8. The van der Waals surface area contributed by atoms with E-state index in [1.54, 1.807) is 36.6 Å². The monoisotopic (exact) mass is 623 g/mol. The zero-order valence-corrected chi connectivity index (χ0v) is 26.7. The summed E-state index contributed by atoms with van der Waals surface area (Å²) in [5.74, 6) is 1.96. The number of morpholine rings is 1. The van der Waals surface area contributed by atoms with Crippen molar-refractivity contribution in [2.75, 3.05) is 63.3 Å². The molecule has 2 aliphatic heterocycles. The largest absolute Gasteiger partial charge is 0.494 e. The second kappa shape index (κ2) is 14.6. The average Bonchev–Trinajstić information content (AvgIpc) is 3.64. The molecule has 4 heterocycles. The third-order valence-corrected chi connectivity index (χ3v) is 8.87. The number of benzene rings is 2. The Bertz CT molecular complexity index is 1610. The topological polar surface area (TPSA) is 126 Å². The highest BCUT2D eigenvalue weighted by Crippen LogP contribution is 2.34. The van der Waals surface area contributed by atoms with E-state index in [0.29, 0.717) is 29.9 Å². The molecule has 0 bridgehead atoms. The smallest absolute Gasteiger partial charge is 0.227 e. The van der Waals surface area contributed by atoms with Gasteiger partial charge in [-0.2, -0.15) is 10.4 Å². The number of piperidine rings is 1. The van der Waals surface area contributed by atoms with Crippen LogP contribution in [0.3, 0.4) is 0 Å². The summed E-state index contributed by atoms with van der Waals surface area (Å²) in [5, 5.41) is 17.3. The fourth-order valence-corrected chi connectivity index (χ4v) is 6.13. The number of ether oxygens (including phenoxy) is 3. The normalized spacial score (nSPS) is 16.6. The standard InChI is InChI=1S/C34H41N9O3/c1-24(2)31(43-23-36-22-39-43)21-46-32-16-25(4-5-26(32)18-35)27-19-37-34(38-20-27)40-30-7-6-29(17-33(30)44-3)41-10-8-28(9-11-41)42-12-14-45-15-13-42/h4-7,16-17,19-20,22-24,28,31H,8-15,21H2,1-3H3,(H,37,38,40). The van der Waals surface area contributed by atoms with Crippen LogP contribution in [0.5, 0.6) is 11.5 Å². The maximum Gasteiger partial charge on any atom is 0.227 e. The number of methoxy groups -OCH3 is 1. The maximum atomic E-state index is 9.70. The van der Waals surface area contributed by atoms with Crippen molar-refractivity contribution in [1.82, 2.24) is 29.6 Å². The Balaban J connectivity index is 1.10. The second-order valence-electron chi connectivity index (χ2n) is 12.0. The molecular formula is C34H41N9O3. The molecule has 4 aromatic rings. The first-order chi connectivity index (χ1) is 22.5. The fourth-order valence-electron chi connectivity index (χ4n) is 6.13. The Morgan fingerprint density at radius 3 is 2.46 bits per heavy atom. The van der Waals surface area contributed by atoms with Gasteiger partial charge in [-0.1, -0.05) is 19.9 Å². The summed E-state index contributed by atoms with van der Waals surface area (Å²) < 4.78 is 19.2. The Morgan fingerprint density at radius 1 is 1.00 bits per heavy atom. The minimum absolute atomic E-state index is 0.0231. The maximum absolute atomic E-state index is 9.70. The van der Waals surface area contributed by atoms with E-state index in [-0.39, 0.29) is 12.0 Å². The van der Waals surface area contributed by atoms with Crippen molar-refractivity contribution in [2.45, 2.75) is 38.8 Å². The van der Waals surface area contributed by atoms with Crippen molar-refractivity contribution < 1.29 is 14.2 Å². The van der Waals surface area contributed by atoms with E-state index >= 15 is 0 Å². The molecule has 2 aromatic carbocycles. The lowest BCUT2D eigenvalue weighted by atomic mass is 10.0. The minimum Gasteiger partial charge on any atom is -0.494 e. The van der Waals surface area contributed by atoms with Crippen LogP contribution in [-0.4, -0.2) is 88.8 Å². The number of rotatable bonds is 11. The van der Waals surface area contributed by atoms with Gasteiger partial charge >= 0.3 is 0 Å². The van der Waals surface area contributed by atoms with Crippen molar-refractivity contribution in [3.05, 3.63) is 67.0 Å². The highest BCUT2D eigenvalue weighted by molar-refractivity contribution is 5.70. The SMILES string of the molecule is COc1cc(N2CCC(N3CCOCC3)CC2)ccc1Nc1ncc(-c2ccc(C#N)c(OCC(C(C)C)n3cncn3)c2)cn1. The average molecular weight is 624 g/mol. The van der Waals surface area contributed by atoms with Crippen LogP contribution in [-0.2, 0) is 4.74 Å². The van der Waals surface area contributed by atoms with Gasteiger partial charge in [-0.3, -0.25) is 4.90 Å². The third-order valence-electron chi connectivity index (χ3n) is 8.87. The summed E-state index contributed by atoms with van der Waals surface area (Å²) in [5.41, 5.74) is 4.06. The molecule has 0 amide bonds. The van der Waals surface area contributed by atoms with Crippen LogP contribution in [0, 0.1) is 17.2 Å². The van der Waals surface area contributed by atoms with Crippen LogP contribution in [0.4, 0.5) is 17.3 Å². The summed E-state index contributed by atoms with van der Waals surface area (Å²) in [4.78, 5) is 18.2.